The van der Waals surface area contributed by atoms with Crippen LogP contribution in [0, 0.1) is 12.7 Å². The van der Waals surface area contributed by atoms with Crippen LogP contribution in [-0.4, -0.2) is 36.0 Å². The Labute approximate surface area is 184 Å². The van der Waals surface area contributed by atoms with Crippen molar-refractivity contribution in [3.8, 4) is 0 Å². The highest BCUT2D eigenvalue weighted by atomic mass is 19.1. The Morgan fingerprint density at radius 2 is 1.87 bits per heavy atom. The molecule has 1 N–H and O–H groups in total. The fraction of sp³-hybridized carbons (Fsp3) is 0.565. The van der Waals surface area contributed by atoms with Gasteiger partial charge in [0.15, 0.2) is 0 Å². The highest BCUT2D eigenvalue weighted by Gasteiger charge is 2.51. The van der Waals surface area contributed by atoms with Crippen molar-refractivity contribution in [3.63, 3.8) is 0 Å². The number of amides is 1. The third-order valence-electron chi connectivity index (χ3n) is 6.11. The SMILES string of the molecule is CCCCOC(=O)NC(C)c1cc(C)nc2c(F)cc(B3OC(C)(C)C(C)(C)O3)cc12. The van der Waals surface area contributed by atoms with Crippen LogP contribution >= 0.6 is 0 Å². The Hall–Kier alpha value is -2.19. The summed E-state index contributed by atoms with van der Waals surface area (Å²) in [6, 6.07) is 4.71. The zero-order valence-corrected chi connectivity index (χ0v) is 19.5. The van der Waals surface area contributed by atoms with Crippen LogP contribution in [0.25, 0.3) is 10.9 Å². The van der Waals surface area contributed by atoms with Crippen molar-refractivity contribution in [3.05, 3.63) is 35.3 Å². The molecular weight excluding hydrogens is 398 g/mol. The van der Waals surface area contributed by atoms with E-state index in [1.165, 1.54) is 6.07 Å². The number of unbranched alkanes of at least 4 members (excludes halogenated alkanes) is 1. The largest absolute Gasteiger partial charge is 0.494 e. The molecule has 0 radical (unpaired) electrons. The first-order chi connectivity index (χ1) is 14.4. The number of ether oxygens (including phenoxy) is 1. The molecule has 1 saturated heterocycles. The molecule has 1 aromatic heterocycles. The van der Waals surface area contributed by atoms with Crippen LogP contribution < -0.4 is 10.8 Å². The number of fused-ring (bicyclic) bond motifs is 1. The van der Waals surface area contributed by atoms with E-state index in [-0.39, 0.29) is 5.52 Å². The predicted octanol–water partition coefficient (Wildman–Crippen LogP) is 4.57. The van der Waals surface area contributed by atoms with Crippen molar-refractivity contribution >= 4 is 29.6 Å². The second-order valence-electron chi connectivity index (χ2n) is 9.20. The van der Waals surface area contributed by atoms with Crippen LogP contribution in [0.3, 0.4) is 0 Å². The van der Waals surface area contributed by atoms with E-state index < -0.39 is 36.3 Å². The normalized spacial score (nSPS) is 18.3. The number of nitrogens with zero attached hydrogens (tertiary/aromatic N) is 1. The van der Waals surface area contributed by atoms with E-state index in [1.807, 2.05) is 53.7 Å². The summed E-state index contributed by atoms with van der Waals surface area (Å²) >= 11 is 0. The molecule has 3 rings (SSSR count). The van der Waals surface area contributed by atoms with Gasteiger partial charge in [0.25, 0.3) is 0 Å². The van der Waals surface area contributed by atoms with Crippen LogP contribution in [0.4, 0.5) is 9.18 Å². The molecule has 0 bridgehead atoms. The number of hydrogen-bond acceptors (Lipinski definition) is 5. The maximum atomic E-state index is 15.1. The lowest BCUT2D eigenvalue weighted by Gasteiger charge is -2.32. The number of nitrogens with one attached hydrogen (secondary N) is 1. The van der Waals surface area contributed by atoms with Gasteiger partial charge in [0.05, 0.1) is 23.9 Å². The number of benzene rings is 1. The summed E-state index contributed by atoms with van der Waals surface area (Å²) in [6.45, 7) is 13.9. The average Bonchev–Trinajstić information content (AvgIpc) is 2.89. The molecule has 2 heterocycles. The molecule has 0 spiro atoms. The van der Waals surface area contributed by atoms with Crippen molar-refractivity contribution in [1.82, 2.24) is 10.3 Å². The van der Waals surface area contributed by atoms with Gasteiger partial charge in [-0.15, -0.1) is 0 Å². The summed E-state index contributed by atoms with van der Waals surface area (Å²) in [6.07, 6.45) is 1.26. The molecule has 31 heavy (non-hydrogen) atoms. The fourth-order valence-electron chi connectivity index (χ4n) is 3.54. The molecule has 0 saturated carbocycles. The fourth-order valence-corrected chi connectivity index (χ4v) is 3.54. The zero-order valence-electron chi connectivity index (χ0n) is 19.5. The highest BCUT2D eigenvalue weighted by molar-refractivity contribution is 6.62. The van der Waals surface area contributed by atoms with Gasteiger partial charge in [-0.1, -0.05) is 19.4 Å². The number of carbonyl (C=O) groups excluding carboxylic acids is 1. The molecule has 1 aromatic carbocycles. The predicted molar refractivity (Wildman–Crippen MR) is 120 cm³/mol. The van der Waals surface area contributed by atoms with Gasteiger partial charge in [-0.2, -0.15) is 0 Å². The summed E-state index contributed by atoms with van der Waals surface area (Å²) in [5.74, 6) is -0.454. The number of rotatable bonds is 6. The highest BCUT2D eigenvalue weighted by Crippen LogP contribution is 2.37. The van der Waals surface area contributed by atoms with Crippen molar-refractivity contribution < 1.29 is 23.2 Å². The van der Waals surface area contributed by atoms with Crippen LogP contribution in [0.2, 0.25) is 0 Å². The van der Waals surface area contributed by atoms with Gasteiger partial charge in [0.2, 0.25) is 0 Å². The summed E-state index contributed by atoms with van der Waals surface area (Å²) in [5, 5.41) is 3.44. The Kier molecular flexibility index (Phi) is 6.63. The summed E-state index contributed by atoms with van der Waals surface area (Å²) < 4.78 is 32.5. The maximum Gasteiger partial charge on any atom is 0.494 e. The zero-order chi connectivity index (χ0) is 23.0. The average molecular weight is 430 g/mol. The minimum Gasteiger partial charge on any atom is -0.450 e. The number of aromatic nitrogens is 1. The quantitative estimate of drug-likeness (QED) is 0.537. The van der Waals surface area contributed by atoms with Crippen LogP contribution in [0.1, 0.15) is 71.7 Å². The maximum absolute atomic E-state index is 15.1. The first-order valence-corrected chi connectivity index (χ1v) is 10.8. The lowest BCUT2D eigenvalue weighted by atomic mass is 9.78. The molecule has 0 aliphatic carbocycles. The van der Waals surface area contributed by atoms with E-state index >= 15 is 4.39 Å². The van der Waals surface area contributed by atoms with E-state index in [0.29, 0.717) is 23.1 Å². The van der Waals surface area contributed by atoms with Gasteiger partial charge in [-0.25, -0.2) is 9.18 Å². The molecular formula is C23H32BFN2O4. The third-order valence-corrected chi connectivity index (χ3v) is 6.11. The van der Waals surface area contributed by atoms with Crippen molar-refractivity contribution in [1.29, 1.82) is 0 Å². The molecule has 1 atom stereocenters. The van der Waals surface area contributed by atoms with Crippen LogP contribution in [0.5, 0.6) is 0 Å². The smallest absolute Gasteiger partial charge is 0.450 e. The molecule has 2 aromatic rings. The van der Waals surface area contributed by atoms with Gasteiger partial charge < -0.3 is 19.4 Å². The second kappa shape index (κ2) is 8.75. The van der Waals surface area contributed by atoms with E-state index in [4.69, 9.17) is 14.0 Å². The van der Waals surface area contributed by atoms with Crippen LogP contribution in [0.15, 0.2) is 18.2 Å². The molecule has 1 unspecified atom stereocenters. The number of carbonyl (C=O) groups is 1. The molecule has 6 nitrogen and oxygen atoms in total. The molecule has 1 fully saturated rings. The number of aryl methyl sites for hydroxylation is 1. The van der Waals surface area contributed by atoms with Crippen molar-refractivity contribution in [2.75, 3.05) is 6.61 Å². The van der Waals surface area contributed by atoms with E-state index in [0.717, 1.165) is 18.4 Å². The van der Waals surface area contributed by atoms with E-state index in [9.17, 15) is 4.79 Å². The second-order valence-corrected chi connectivity index (χ2v) is 9.20. The van der Waals surface area contributed by atoms with Gasteiger partial charge in [0, 0.05) is 11.1 Å². The molecule has 1 amide bonds. The number of halogens is 1. The summed E-state index contributed by atoms with van der Waals surface area (Å²) in [4.78, 5) is 16.5. The van der Waals surface area contributed by atoms with Crippen LogP contribution in [-0.2, 0) is 14.0 Å². The van der Waals surface area contributed by atoms with Gasteiger partial charge in [0.1, 0.15) is 11.3 Å². The van der Waals surface area contributed by atoms with Gasteiger partial charge in [-0.05, 0) is 71.1 Å². The van der Waals surface area contributed by atoms with Crippen molar-refractivity contribution in [2.24, 2.45) is 0 Å². The van der Waals surface area contributed by atoms with Gasteiger partial charge in [-0.3, -0.25) is 4.98 Å². The van der Waals surface area contributed by atoms with Crippen molar-refractivity contribution in [2.45, 2.75) is 78.6 Å². The van der Waals surface area contributed by atoms with E-state index in [2.05, 4.69) is 10.3 Å². The molecule has 1 aliphatic heterocycles. The monoisotopic (exact) mass is 430 g/mol. The lowest BCUT2D eigenvalue weighted by molar-refractivity contribution is 0.00578. The standard InChI is InChI=1S/C23H32BFN2O4/c1-8-9-10-29-21(28)27-15(3)17-11-14(2)26-20-18(17)12-16(13-19(20)25)24-30-22(4,5)23(6,7)31-24/h11-13,15H,8-10H2,1-7H3,(H,27,28). The minimum absolute atomic E-state index is 0.253. The summed E-state index contributed by atoms with van der Waals surface area (Å²) in [7, 11) is -0.694. The number of hydrogen-bond donors (Lipinski definition) is 1. The van der Waals surface area contributed by atoms with E-state index in [1.54, 1.807) is 6.92 Å². The van der Waals surface area contributed by atoms with Gasteiger partial charge >= 0.3 is 13.2 Å². The number of alkyl carbamates (subject to hydrolysis) is 1. The minimum atomic E-state index is -0.694. The lowest BCUT2D eigenvalue weighted by Crippen LogP contribution is -2.41. The first-order valence-electron chi connectivity index (χ1n) is 10.8. The number of pyridine rings is 1. The Bertz CT molecular complexity index is 964. The Balaban J connectivity index is 1.96. The molecule has 8 heteroatoms. The third kappa shape index (κ3) is 4.85. The molecule has 1 aliphatic rings. The topological polar surface area (TPSA) is 69.7 Å². The first kappa shape index (κ1) is 23.5. The Morgan fingerprint density at radius 1 is 1.23 bits per heavy atom. The molecule has 168 valence electrons. The Morgan fingerprint density at radius 3 is 2.48 bits per heavy atom. The summed E-state index contributed by atoms with van der Waals surface area (Å²) in [5.41, 5.74) is 1.19.